The molecule has 7 nitrogen and oxygen atoms in total. The maximum atomic E-state index is 12.1. The SMILES string of the molecule is CC(C)(C)NC(=O)COc1cccc(-c2nc(NC3=CCC(=O)C=C3)c3sccc3n2)c1. The monoisotopic (exact) mass is 448 g/mol. The molecule has 2 aromatic heterocycles. The lowest BCUT2D eigenvalue weighted by molar-refractivity contribution is -0.124. The molecule has 4 rings (SSSR count). The summed E-state index contributed by atoms with van der Waals surface area (Å²) >= 11 is 1.55. The first kappa shape index (κ1) is 21.7. The number of ketones is 1. The summed E-state index contributed by atoms with van der Waals surface area (Å²) in [5.41, 5.74) is 2.12. The molecule has 0 saturated heterocycles. The van der Waals surface area contributed by atoms with Crippen LogP contribution in [0.25, 0.3) is 21.6 Å². The molecule has 1 amide bonds. The van der Waals surface area contributed by atoms with Crippen LogP contribution in [0.15, 0.2) is 59.6 Å². The molecule has 0 bridgehead atoms. The van der Waals surface area contributed by atoms with Gasteiger partial charge >= 0.3 is 0 Å². The Morgan fingerprint density at radius 2 is 2.03 bits per heavy atom. The van der Waals surface area contributed by atoms with Crippen LogP contribution < -0.4 is 15.4 Å². The van der Waals surface area contributed by atoms with Gasteiger partial charge < -0.3 is 15.4 Å². The number of aromatic nitrogens is 2. The fraction of sp³-hybridized carbons (Fsp3) is 0.250. The van der Waals surface area contributed by atoms with E-state index in [9.17, 15) is 9.59 Å². The van der Waals surface area contributed by atoms with Gasteiger partial charge in [0.2, 0.25) is 0 Å². The van der Waals surface area contributed by atoms with Crippen molar-refractivity contribution >= 4 is 39.1 Å². The second kappa shape index (κ2) is 8.92. The fourth-order valence-corrected chi connectivity index (χ4v) is 3.94. The Hall–Kier alpha value is -3.52. The maximum Gasteiger partial charge on any atom is 0.258 e. The van der Waals surface area contributed by atoms with Gasteiger partial charge in [-0.05, 0) is 56.5 Å². The van der Waals surface area contributed by atoms with Crippen molar-refractivity contribution in [1.82, 2.24) is 15.3 Å². The van der Waals surface area contributed by atoms with E-state index in [0.717, 1.165) is 21.5 Å². The first-order valence-electron chi connectivity index (χ1n) is 10.2. The molecule has 0 unspecified atom stereocenters. The number of hydrogen-bond donors (Lipinski definition) is 2. The lowest BCUT2D eigenvalue weighted by atomic mass is 10.1. The van der Waals surface area contributed by atoms with Crippen molar-refractivity contribution in [1.29, 1.82) is 0 Å². The van der Waals surface area contributed by atoms with E-state index in [0.29, 0.717) is 23.8 Å². The predicted molar refractivity (Wildman–Crippen MR) is 127 cm³/mol. The van der Waals surface area contributed by atoms with E-state index in [2.05, 4.69) is 15.6 Å². The largest absolute Gasteiger partial charge is 0.484 e. The number of hydrogen-bond acceptors (Lipinski definition) is 7. The molecule has 3 aromatic rings. The Morgan fingerprint density at radius 1 is 1.19 bits per heavy atom. The van der Waals surface area contributed by atoms with Gasteiger partial charge in [-0.1, -0.05) is 18.2 Å². The van der Waals surface area contributed by atoms with E-state index in [1.807, 2.05) is 56.5 Å². The van der Waals surface area contributed by atoms with Gasteiger partial charge in [-0.3, -0.25) is 9.59 Å². The Kier molecular flexibility index (Phi) is 6.05. The summed E-state index contributed by atoms with van der Waals surface area (Å²) in [6, 6.07) is 9.31. The number of nitrogens with one attached hydrogen (secondary N) is 2. The van der Waals surface area contributed by atoms with Crippen molar-refractivity contribution in [3.63, 3.8) is 0 Å². The van der Waals surface area contributed by atoms with Crippen molar-refractivity contribution in [2.75, 3.05) is 11.9 Å². The summed E-state index contributed by atoms with van der Waals surface area (Å²) in [4.78, 5) is 32.9. The third-order valence-corrected chi connectivity index (χ3v) is 5.43. The van der Waals surface area contributed by atoms with Gasteiger partial charge in [0.15, 0.2) is 24.0 Å². The number of rotatable bonds is 6. The van der Waals surface area contributed by atoms with Crippen LogP contribution >= 0.6 is 11.3 Å². The number of carbonyl (C=O) groups is 2. The third kappa shape index (κ3) is 5.39. The number of allylic oxidation sites excluding steroid dienone is 3. The molecule has 2 heterocycles. The second-order valence-electron chi connectivity index (χ2n) is 8.43. The minimum absolute atomic E-state index is 0.0723. The van der Waals surface area contributed by atoms with Gasteiger partial charge in [-0.25, -0.2) is 9.97 Å². The highest BCUT2D eigenvalue weighted by atomic mass is 32.1. The summed E-state index contributed by atoms with van der Waals surface area (Å²) in [5, 5.41) is 8.16. The smallest absolute Gasteiger partial charge is 0.258 e. The Morgan fingerprint density at radius 3 is 2.78 bits per heavy atom. The van der Waals surface area contributed by atoms with Gasteiger partial charge in [0.1, 0.15) is 5.75 Å². The summed E-state index contributed by atoms with van der Waals surface area (Å²) in [7, 11) is 0. The van der Waals surface area contributed by atoms with Crippen LogP contribution in [0.4, 0.5) is 5.82 Å². The molecule has 0 aliphatic heterocycles. The number of benzene rings is 1. The molecule has 0 spiro atoms. The van der Waals surface area contributed by atoms with E-state index in [-0.39, 0.29) is 23.8 Å². The van der Waals surface area contributed by atoms with Crippen LogP contribution in [0.1, 0.15) is 27.2 Å². The maximum absolute atomic E-state index is 12.1. The minimum atomic E-state index is -0.314. The number of carbonyl (C=O) groups excluding carboxylic acids is 2. The summed E-state index contributed by atoms with van der Waals surface area (Å²) in [5.74, 6) is 1.68. The molecule has 8 heteroatoms. The summed E-state index contributed by atoms with van der Waals surface area (Å²) in [6.45, 7) is 5.70. The second-order valence-corrected chi connectivity index (χ2v) is 9.35. The molecule has 1 aliphatic rings. The Labute approximate surface area is 190 Å². The van der Waals surface area contributed by atoms with E-state index in [1.54, 1.807) is 29.6 Å². The highest BCUT2D eigenvalue weighted by molar-refractivity contribution is 7.17. The molecule has 0 saturated carbocycles. The molecule has 0 atom stereocenters. The van der Waals surface area contributed by atoms with E-state index >= 15 is 0 Å². The van der Waals surface area contributed by atoms with Crippen molar-refractivity contribution in [2.24, 2.45) is 0 Å². The number of amides is 1. The first-order chi connectivity index (χ1) is 15.3. The molecule has 32 heavy (non-hydrogen) atoms. The normalized spacial score (nSPS) is 13.7. The number of anilines is 1. The minimum Gasteiger partial charge on any atom is -0.484 e. The number of thiophene rings is 1. The van der Waals surface area contributed by atoms with E-state index < -0.39 is 0 Å². The lowest BCUT2D eigenvalue weighted by Gasteiger charge is -2.20. The van der Waals surface area contributed by atoms with Crippen LogP contribution in [0.3, 0.4) is 0 Å². The topological polar surface area (TPSA) is 93.2 Å². The molecule has 164 valence electrons. The molecule has 0 fully saturated rings. The van der Waals surface area contributed by atoms with Gasteiger partial charge in [0.25, 0.3) is 5.91 Å². The Bertz CT molecular complexity index is 1240. The molecular weight excluding hydrogens is 424 g/mol. The lowest BCUT2D eigenvalue weighted by Crippen LogP contribution is -2.43. The zero-order valence-corrected chi connectivity index (χ0v) is 19.0. The first-order valence-corrected chi connectivity index (χ1v) is 11.1. The average molecular weight is 449 g/mol. The standard InChI is InChI=1S/C24H24N4O3S/c1-24(2,3)28-20(30)14-31-18-6-4-5-15(13-18)22-26-19-11-12-32-21(19)23(27-22)25-16-7-9-17(29)10-8-16/h4-9,11-13H,10,14H2,1-3H3,(H,28,30)(H,25,26,27). The number of ether oxygens (including phenoxy) is 1. The quantitative estimate of drug-likeness (QED) is 0.578. The molecule has 2 N–H and O–H groups in total. The van der Waals surface area contributed by atoms with Crippen molar-refractivity contribution in [3.05, 3.63) is 59.6 Å². The van der Waals surface area contributed by atoms with Crippen molar-refractivity contribution in [3.8, 4) is 17.1 Å². The summed E-state index contributed by atoms with van der Waals surface area (Å²) < 4.78 is 6.62. The number of nitrogens with zero attached hydrogens (tertiary/aromatic N) is 2. The summed E-state index contributed by atoms with van der Waals surface area (Å²) in [6.07, 6.45) is 5.53. The van der Waals surface area contributed by atoms with Crippen LogP contribution in [0, 0.1) is 0 Å². The zero-order valence-electron chi connectivity index (χ0n) is 18.1. The fourth-order valence-electron chi connectivity index (χ4n) is 3.16. The van der Waals surface area contributed by atoms with Crippen LogP contribution in [0.5, 0.6) is 5.75 Å². The highest BCUT2D eigenvalue weighted by Crippen LogP contribution is 2.31. The highest BCUT2D eigenvalue weighted by Gasteiger charge is 2.15. The average Bonchev–Trinajstić information content (AvgIpc) is 3.22. The number of fused-ring (bicyclic) bond motifs is 1. The van der Waals surface area contributed by atoms with Gasteiger partial charge in [-0.2, -0.15) is 0 Å². The van der Waals surface area contributed by atoms with Crippen LogP contribution in [0.2, 0.25) is 0 Å². The van der Waals surface area contributed by atoms with Gasteiger partial charge in [0.05, 0.1) is 10.2 Å². The van der Waals surface area contributed by atoms with Crippen LogP contribution in [-0.2, 0) is 9.59 Å². The van der Waals surface area contributed by atoms with E-state index in [1.165, 1.54) is 0 Å². The predicted octanol–water partition coefficient (Wildman–Crippen LogP) is 4.48. The van der Waals surface area contributed by atoms with Crippen molar-refractivity contribution < 1.29 is 14.3 Å². The van der Waals surface area contributed by atoms with E-state index in [4.69, 9.17) is 9.72 Å². The third-order valence-electron chi connectivity index (χ3n) is 4.51. The molecule has 1 aromatic carbocycles. The molecule has 0 radical (unpaired) electrons. The van der Waals surface area contributed by atoms with Crippen LogP contribution in [-0.4, -0.2) is 33.8 Å². The zero-order chi connectivity index (χ0) is 22.7. The Balaban J connectivity index is 1.57. The van der Waals surface area contributed by atoms with Crippen molar-refractivity contribution in [2.45, 2.75) is 32.7 Å². The molecule has 1 aliphatic carbocycles. The van der Waals surface area contributed by atoms with Gasteiger partial charge in [-0.15, -0.1) is 11.3 Å². The van der Waals surface area contributed by atoms with Gasteiger partial charge in [0, 0.05) is 23.2 Å². The molecular formula is C24H24N4O3S.